The molecule has 0 saturated carbocycles. The Bertz CT molecular complexity index is 310. The lowest BCUT2D eigenvalue weighted by molar-refractivity contribution is -0.139. The number of hydrogen-bond acceptors (Lipinski definition) is 6. The number of methoxy groups -OCH3 is 1. The van der Waals surface area contributed by atoms with Gasteiger partial charge in [-0.05, 0) is 19.4 Å². The summed E-state index contributed by atoms with van der Waals surface area (Å²) in [5.74, 6) is -1.08. The number of esters is 2. The highest BCUT2D eigenvalue weighted by Crippen LogP contribution is 2.00. The summed E-state index contributed by atoms with van der Waals surface area (Å²) < 4.78 is 14.6. The summed E-state index contributed by atoms with van der Waals surface area (Å²) in [6.45, 7) is 4.91. The first-order valence-corrected chi connectivity index (χ1v) is 6.45. The van der Waals surface area contributed by atoms with Gasteiger partial charge in [-0.1, -0.05) is 0 Å². The van der Waals surface area contributed by atoms with Crippen molar-refractivity contribution in [2.24, 2.45) is 0 Å². The lowest BCUT2D eigenvalue weighted by atomic mass is 10.3. The van der Waals surface area contributed by atoms with E-state index in [9.17, 15) is 9.59 Å². The fraction of sp³-hybridized carbons (Fsp3) is 0.692. The lowest BCUT2D eigenvalue weighted by Gasteiger charge is -2.26. The maximum Gasteiger partial charge on any atom is 0.331 e. The quantitative estimate of drug-likeness (QED) is 0.379. The number of carbonyl (C=O) groups is 2. The van der Waals surface area contributed by atoms with Crippen molar-refractivity contribution in [3.8, 4) is 0 Å². The molecular weight excluding hydrogens is 250 g/mol. The van der Waals surface area contributed by atoms with Gasteiger partial charge in [-0.3, -0.25) is 4.90 Å². The molecule has 0 atom stereocenters. The lowest BCUT2D eigenvalue weighted by Crippen LogP contribution is -2.36. The van der Waals surface area contributed by atoms with E-state index in [1.807, 2.05) is 0 Å². The molecule has 1 aliphatic heterocycles. The van der Waals surface area contributed by atoms with Crippen molar-refractivity contribution in [2.45, 2.75) is 12.8 Å². The highest BCUT2D eigenvalue weighted by Gasteiger charge is 2.09. The van der Waals surface area contributed by atoms with Crippen molar-refractivity contribution in [2.75, 3.05) is 46.6 Å². The van der Waals surface area contributed by atoms with Gasteiger partial charge in [0.25, 0.3) is 0 Å². The van der Waals surface area contributed by atoms with Crippen molar-refractivity contribution in [1.82, 2.24) is 4.90 Å². The molecular formula is C13H21NO5. The van der Waals surface area contributed by atoms with Crippen LogP contribution in [0.25, 0.3) is 0 Å². The molecule has 6 heteroatoms. The van der Waals surface area contributed by atoms with Gasteiger partial charge in [0.1, 0.15) is 0 Å². The number of ether oxygens (including phenoxy) is 3. The summed E-state index contributed by atoms with van der Waals surface area (Å²) in [4.78, 5) is 24.3. The molecule has 1 aliphatic rings. The number of morpholine rings is 1. The molecule has 0 amide bonds. The summed E-state index contributed by atoms with van der Waals surface area (Å²) in [7, 11) is 1.25. The molecule has 0 bridgehead atoms. The Hall–Kier alpha value is -1.40. The van der Waals surface area contributed by atoms with Crippen LogP contribution in [-0.4, -0.2) is 63.4 Å². The van der Waals surface area contributed by atoms with E-state index < -0.39 is 11.9 Å². The molecule has 0 radical (unpaired) electrons. The maximum atomic E-state index is 11.2. The van der Waals surface area contributed by atoms with Crippen LogP contribution in [0, 0.1) is 0 Å². The minimum absolute atomic E-state index is 0.370. The van der Waals surface area contributed by atoms with Gasteiger partial charge in [-0.2, -0.15) is 0 Å². The third-order valence-electron chi connectivity index (χ3n) is 2.77. The van der Waals surface area contributed by atoms with E-state index in [1.165, 1.54) is 7.11 Å². The second-order valence-electron chi connectivity index (χ2n) is 4.19. The van der Waals surface area contributed by atoms with Crippen LogP contribution in [0.5, 0.6) is 0 Å². The highest BCUT2D eigenvalue weighted by molar-refractivity contribution is 5.91. The summed E-state index contributed by atoms with van der Waals surface area (Å²) in [5.41, 5.74) is 0. The highest BCUT2D eigenvalue weighted by atomic mass is 16.5. The standard InChI is InChI=1S/C13H21NO5/c1-17-12(15)4-5-13(16)19-9-3-2-6-14-7-10-18-11-8-14/h4-5H,2-3,6-11H2,1H3/b5-4+. The molecule has 1 fully saturated rings. The SMILES string of the molecule is COC(=O)/C=C/C(=O)OCCCCN1CCOCC1. The van der Waals surface area contributed by atoms with E-state index in [1.54, 1.807) is 0 Å². The van der Waals surface area contributed by atoms with E-state index in [2.05, 4.69) is 9.64 Å². The molecule has 0 aromatic rings. The average molecular weight is 271 g/mol. The summed E-state index contributed by atoms with van der Waals surface area (Å²) in [5, 5.41) is 0. The maximum absolute atomic E-state index is 11.2. The van der Waals surface area contributed by atoms with Gasteiger partial charge in [0.2, 0.25) is 0 Å². The molecule has 0 aliphatic carbocycles. The van der Waals surface area contributed by atoms with Gasteiger partial charge in [0.15, 0.2) is 0 Å². The molecule has 108 valence electrons. The third kappa shape index (κ3) is 7.58. The zero-order chi connectivity index (χ0) is 13.9. The van der Waals surface area contributed by atoms with Gasteiger partial charge in [-0.15, -0.1) is 0 Å². The first-order chi connectivity index (χ1) is 9.22. The zero-order valence-corrected chi connectivity index (χ0v) is 11.3. The van der Waals surface area contributed by atoms with E-state index in [4.69, 9.17) is 9.47 Å². The minimum Gasteiger partial charge on any atom is -0.466 e. The van der Waals surface area contributed by atoms with Crippen molar-refractivity contribution in [1.29, 1.82) is 0 Å². The van der Waals surface area contributed by atoms with Crippen molar-refractivity contribution >= 4 is 11.9 Å². The molecule has 0 aromatic carbocycles. The normalized spacial score (nSPS) is 16.5. The summed E-state index contributed by atoms with van der Waals surface area (Å²) >= 11 is 0. The zero-order valence-electron chi connectivity index (χ0n) is 11.3. The molecule has 6 nitrogen and oxygen atoms in total. The van der Waals surface area contributed by atoms with Crippen LogP contribution in [0.3, 0.4) is 0 Å². The van der Waals surface area contributed by atoms with Gasteiger partial charge < -0.3 is 14.2 Å². The number of unbranched alkanes of at least 4 members (excludes halogenated alkanes) is 1. The van der Waals surface area contributed by atoms with Gasteiger partial charge >= 0.3 is 11.9 Å². The number of carbonyl (C=O) groups excluding carboxylic acids is 2. The van der Waals surface area contributed by atoms with E-state index >= 15 is 0 Å². The first kappa shape index (κ1) is 15.7. The number of rotatable bonds is 7. The van der Waals surface area contributed by atoms with Crippen LogP contribution in [0.2, 0.25) is 0 Å². The molecule has 0 unspecified atom stereocenters. The Morgan fingerprint density at radius 2 is 1.84 bits per heavy atom. The smallest absolute Gasteiger partial charge is 0.331 e. The molecule has 0 N–H and O–H groups in total. The van der Waals surface area contributed by atoms with Crippen molar-refractivity contribution in [3.05, 3.63) is 12.2 Å². The Balaban J connectivity index is 1.99. The third-order valence-corrected chi connectivity index (χ3v) is 2.77. The average Bonchev–Trinajstić information content (AvgIpc) is 2.45. The molecule has 1 rings (SSSR count). The molecule has 0 aromatic heterocycles. The van der Waals surface area contributed by atoms with Crippen molar-refractivity contribution < 1.29 is 23.8 Å². The van der Waals surface area contributed by atoms with Gasteiger partial charge in [-0.25, -0.2) is 9.59 Å². The van der Waals surface area contributed by atoms with Gasteiger partial charge in [0.05, 0.1) is 26.9 Å². The van der Waals surface area contributed by atoms with E-state index in [-0.39, 0.29) is 0 Å². The Labute approximate surface area is 113 Å². The largest absolute Gasteiger partial charge is 0.466 e. The van der Waals surface area contributed by atoms with Crippen LogP contribution < -0.4 is 0 Å². The van der Waals surface area contributed by atoms with Crippen LogP contribution in [0.4, 0.5) is 0 Å². The second kappa shape index (κ2) is 9.52. The minimum atomic E-state index is -0.565. The predicted molar refractivity (Wildman–Crippen MR) is 68.6 cm³/mol. The molecule has 1 heterocycles. The van der Waals surface area contributed by atoms with Crippen molar-refractivity contribution in [3.63, 3.8) is 0 Å². The fourth-order valence-corrected chi connectivity index (χ4v) is 1.69. The van der Waals surface area contributed by atoms with Crippen LogP contribution in [0.1, 0.15) is 12.8 Å². The molecule has 1 saturated heterocycles. The molecule has 0 spiro atoms. The van der Waals surface area contributed by atoms with Crippen LogP contribution in [-0.2, 0) is 23.8 Å². The summed E-state index contributed by atoms with van der Waals surface area (Å²) in [6.07, 6.45) is 3.92. The Morgan fingerprint density at radius 3 is 2.53 bits per heavy atom. The van der Waals surface area contributed by atoms with Gasteiger partial charge in [0, 0.05) is 25.2 Å². The first-order valence-electron chi connectivity index (χ1n) is 6.45. The monoisotopic (exact) mass is 271 g/mol. The number of hydrogen-bond donors (Lipinski definition) is 0. The Morgan fingerprint density at radius 1 is 1.16 bits per heavy atom. The summed E-state index contributed by atoms with van der Waals surface area (Å²) in [6, 6.07) is 0. The molecule has 19 heavy (non-hydrogen) atoms. The van der Waals surface area contributed by atoms with E-state index in [0.717, 1.165) is 57.8 Å². The van der Waals surface area contributed by atoms with Crippen LogP contribution in [0.15, 0.2) is 12.2 Å². The second-order valence-corrected chi connectivity index (χ2v) is 4.19. The topological polar surface area (TPSA) is 65.1 Å². The fourth-order valence-electron chi connectivity index (χ4n) is 1.69. The van der Waals surface area contributed by atoms with E-state index in [0.29, 0.717) is 6.61 Å². The number of nitrogens with zero attached hydrogens (tertiary/aromatic N) is 1. The predicted octanol–water partition coefficient (Wildman–Crippen LogP) is 0.371. The Kier molecular flexibility index (Phi) is 7.84. The van der Waals surface area contributed by atoms with Crippen LogP contribution >= 0.6 is 0 Å².